The molecule has 0 fully saturated rings. The zero-order chi connectivity index (χ0) is 17.4. The number of hydrogen-bond acceptors (Lipinski definition) is 5. The number of ether oxygens (including phenoxy) is 3. The van der Waals surface area contributed by atoms with Crippen molar-refractivity contribution in [2.45, 2.75) is 13.1 Å². The molecule has 8 heteroatoms. The van der Waals surface area contributed by atoms with Crippen molar-refractivity contribution >= 4 is 29.9 Å². The average Bonchev–Trinajstić information content (AvgIpc) is 3.14. The molecule has 138 valence electrons. The molecule has 0 unspecified atom stereocenters. The second-order valence-corrected chi connectivity index (χ2v) is 4.87. The number of hydrogen-bond donors (Lipinski definition) is 2. The fourth-order valence-corrected chi connectivity index (χ4v) is 2.23. The fourth-order valence-electron chi connectivity index (χ4n) is 2.23. The highest BCUT2D eigenvalue weighted by Gasteiger charge is 2.13. The number of furan rings is 1. The Hall–Kier alpha value is -2.10. The first-order valence-electron chi connectivity index (χ1n) is 7.47. The standard InChI is InChI=1S/C17H23N3O4.HI/c1-18-17(19-10-12-6-5-7-24-12)20-11-14-15(22-3)8-13(21-2)9-16(14)23-4;/h5-9H,10-11H2,1-4H3,(H2,18,19,20);1H. The SMILES string of the molecule is CN=C(NCc1ccco1)NCc1c(OC)cc(OC)cc1OC.I. The van der Waals surface area contributed by atoms with Crippen LogP contribution in [0.5, 0.6) is 17.2 Å². The molecule has 0 aliphatic carbocycles. The molecule has 0 saturated heterocycles. The number of halogens is 1. The van der Waals surface area contributed by atoms with Gasteiger partial charge in [-0.05, 0) is 12.1 Å². The van der Waals surface area contributed by atoms with Crippen molar-refractivity contribution in [2.24, 2.45) is 4.99 Å². The summed E-state index contributed by atoms with van der Waals surface area (Å²) in [6.45, 7) is 1.03. The number of nitrogens with zero attached hydrogens (tertiary/aromatic N) is 1. The molecule has 0 aliphatic rings. The van der Waals surface area contributed by atoms with Gasteiger partial charge in [-0.25, -0.2) is 0 Å². The Morgan fingerprint density at radius 2 is 1.68 bits per heavy atom. The summed E-state index contributed by atoms with van der Waals surface area (Å²) in [5.41, 5.74) is 0.877. The third-order valence-electron chi connectivity index (χ3n) is 3.48. The van der Waals surface area contributed by atoms with Crippen LogP contribution in [0, 0.1) is 0 Å². The van der Waals surface area contributed by atoms with Crippen molar-refractivity contribution in [3.8, 4) is 17.2 Å². The lowest BCUT2D eigenvalue weighted by atomic mass is 10.1. The average molecular weight is 461 g/mol. The molecule has 2 aromatic rings. The maximum atomic E-state index is 5.44. The summed E-state index contributed by atoms with van der Waals surface area (Å²) in [5.74, 6) is 3.51. The van der Waals surface area contributed by atoms with Gasteiger partial charge in [-0.2, -0.15) is 0 Å². The minimum absolute atomic E-state index is 0. The molecule has 1 heterocycles. The smallest absolute Gasteiger partial charge is 0.191 e. The highest BCUT2D eigenvalue weighted by Crippen LogP contribution is 2.33. The molecule has 0 saturated carbocycles. The number of benzene rings is 1. The van der Waals surface area contributed by atoms with Crippen LogP contribution in [0.3, 0.4) is 0 Å². The van der Waals surface area contributed by atoms with Crippen molar-refractivity contribution in [1.82, 2.24) is 10.6 Å². The van der Waals surface area contributed by atoms with Gasteiger partial charge in [0.25, 0.3) is 0 Å². The molecule has 7 nitrogen and oxygen atoms in total. The Morgan fingerprint density at radius 3 is 2.16 bits per heavy atom. The molecule has 1 aromatic heterocycles. The predicted molar refractivity (Wildman–Crippen MR) is 107 cm³/mol. The van der Waals surface area contributed by atoms with Gasteiger partial charge in [-0.1, -0.05) is 0 Å². The van der Waals surface area contributed by atoms with Gasteiger partial charge in [0, 0.05) is 19.2 Å². The van der Waals surface area contributed by atoms with E-state index in [1.807, 2.05) is 24.3 Å². The summed E-state index contributed by atoms with van der Waals surface area (Å²) in [7, 11) is 6.54. The Bertz CT molecular complexity index is 650. The third-order valence-corrected chi connectivity index (χ3v) is 3.48. The molecule has 0 atom stereocenters. The highest BCUT2D eigenvalue weighted by molar-refractivity contribution is 14.0. The van der Waals surface area contributed by atoms with Crippen LogP contribution in [0.25, 0.3) is 0 Å². The lowest BCUT2D eigenvalue weighted by Crippen LogP contribution is -2.36. The zero-order valence-corrected chi connectivity index (χ0v) is 17.1. The lowest BCUT2D eigenvalue weighted by molar-refractivity contribution is 0.368. The van der Waals surface area contributed by atoms with Crippen LogP contribution in [0.15, 0.2) is 39.9 Å². The molecule has 2 N–H and O–H groups in total. The monoisotopic (exact) mass is 461 g/mol. The van der Waals surface area contributed by atoms with Crippen molar-refractivity contribution in [2.75, 3.05) is 28.4 Å². The van der Waals surface area contributed by atoms with E-state index >= 15 is 0 Å². The van der Waals surface area contributed by atoms with Crippen LogP contribution >= 0.6 is 24.0 Å². The van der Waals surface area contributed by atoms with Gasteiger partial charge in [-0.15, -0.1) is 24.0 Å². The number of aliphatic imine (C=N–C) groups is 1. The number of methoxy groups -OCH3 is 3. The van der Waals surface area contributed by atoms with Crippen molar-refractivity contribution in [1.29, 1.82) is 0 Å². The molecule has 0 radical (unpaired) electrons. The van der Waals surface area contributed by atoms with Crippen molar-refractivity contribution < 1.29 is 18.6 Å². The molecule has 0 aliphatic heterocycles. The van der Waals surface area contributed by atoms with Gasteiger partial charge in [0.05, 0.1) is 46.2 Å². The van der Waals surface area contributed by atoms with E-state index in [1.165, 1.54) is 0 Å². The first kappa shape index (κ1) is 20.9. The first-order chi connectivity index (χ1) is 11.7. The Labute approximate surface area is 164 Å². The maximum Gasteiger partial charge on any atom is 0.191 e. The second-order valence-electron chi connectivity index (χ2n) is 4.87. The molecule has 0 amide bonds. The van der Waals surface area contributed by atoms with Crippen LogP contribution in [0.4, 0.5) is 0 Å². The number of nitrogens with one attached hydrogen (secondary N) is 2. The van der Waals surface area contributed by atoms with Gasteiger partial charge >= 0.3 is 0 Å². The quantitative estimate of drug-likeness (QED) is 0.375. The zero-order valence-electron chi connectivity index (χ0n) is 14.8. The van der Waals surface area contributed by atoms with E-state index in [-0.39, 0.29) is 24.0 Å². The molecule has 1 aromatic carbocycles. The van der Waals surface area contributed by atoms with Crippen molar-refractivity contribution in [3.05, 3.63) is 41.9 Å². The van der Waals surface area contributed by atoms with Crippen LogP contribution in [0.2, 0.25) is 0 Å². The molecule has 0 bridgehead atoms. The van der Waals surface area contributed by atoms with Crippen LogP contribution in [-0.2, 0) is 13.1 Å². The number of guanidine groups is 1. The van der Waals surface area contributed by atoms with E-state index in [4.69, 9.17) is 18.6 Å². The Morgan fingerprint density at radius 1 is 1.04 bits per heavy atom. The van der Waals surface area contributed by atoms with Crippen molar-refractivity contribution in [3.63, 3.8) is 0 Å². The summed E-state index contributed by atoms with van der Waals surface area (Å²) in [4.78, 5) is 4.19. The van der Waals surface area contributed by atoms with E-state index in [1.54, 1.807) is 34.6 Å². The van der Waals surface area contributed by atoms with Crippen LogP contribution in [-0.4, -0.2) is 34.3 Å². The minimum atomic E-state index is 0. The maximum absolute atomic E-state index is 5.44. The summed E-state index contributed by atoms with van der Waals surface area (Å²) >= 11 is 0. The van der Waals surface area contributed by atoms with Gasteiger partial charge in [0.2, 0.25) is 0 Å². The van der Waals surface area contributed by atoms with Gasteiger partial charge < -0.3 is 29.3 Å². The van der Waals surface area contributed by atoms with Crippen LogP contribution in [0.1, 0.15) is 11.3 Å². The van der Waals surface area contributed by atoms with Gasteiger partial charge in [0.1, 0.15) is 23.0 Å². The molecular weight excluding hydrogens is 437 g/mol. The molecule has 2 rings (SSSR count). The fraction of sp³-hybridized carbons (Fsp3) is 0.353. The molecular formula is C17H24IN3O4. The lowest BCUT2D eigenvalue weighted by Gasteiger charge is -2.17. The summed E-state index contributed by atoms with van der Waals surface area (Å²) in [5, 5.41) is 6.41. The van der Waals surface area contributed by atoms with Crippen LogP contribution < -0.4 is 24.8 Å². The van der Waals surface area contributed by atoms with E-state index < -0.39 is 0 Å². The summed E-state index contributed by atoms with van der Waals surface area (Å²) < 4.78 is 21.4. The van der Waals surface area contributed by atoms with E-state index in [0.717, 1.165) is 11.3 Å². The Balaban J connectivity index is 0.00000312. The topological polar surface area (TPSA) is 77.3 Å². The normalized spacial score (nSPS) is 10.6. The molecule has 25 heavy (non-hydrogen) atoms. The van der Waals surface area contributed by atoms with E-state index in [0.29, 0.717) is 36.3 Å². The van der Waals surface area contributed by atoms with Gasteiger partial charge in [-0.3, -0.25) is 4.99 Å². The molecule has 0 spiro atoms. The van der Waals surface area contributed by atoms with E-state index in [9.17, 15) is 0 Å². The second kappa shape index (κ2) is 10.7. The van der Waals surface area contributed by atoms with E-state index in [2.05, 4.69) is 15.6 Å². The highest BCUT2D eigenvalue weighted by atomic mass is 127. The predicted octanol–water partition coefficient (Wildman–Crippen LogP) is 2.79. The largest absolute Gasteiger partial charge is 0.496 e. The first-order valence-corrected chi connectivity index (χ1v) is 7.47. The Kier molecular flexibility index (Phi) is 8.96. The van der Waals surface area contributed by atoms with Gasteiger partial charge in [0.15, 0.2) is 5.96 Å². The minimum Gasteiger partial charge on any atom is -0.496 e. The summed E-state index contributed by atoms with van der Waals surface area (Å²) in [6, 6.07) is 7.38. The third kappa shape index (κ3) is 5.73. The number of rotatable bonds is 7. The summed E-state index contributed by atoms with van der Waals surface area (Å²) in [6.07, 6.45) is 1.64.